The second kappa shape index (κ2) is 8.92. The zero-order valence-corrected chi connectivity index (χ0v) is 14.9. The maximum atomic E-state index is 10.3. The topological polar surface area (TPSA) is 39.2 Å². The molecule has 3 rings (SSSR count). The zero-order valence-electron chi connectivity index (χ0n) is 14.9. The monoisotopic (exact) mass is 333 g/mol. The Morgan fingerprint density at radius 2 is 1.58 bits per heavy atom. The van der Waals surface area contributed by atoms with Crippen LogP contribution < -0.4 is 0 Å². The summed E-state index contributed by atoms with van der Waals surface area (Å²) < 4.78 is 5.36. The van der Waals surface area contributed by atoms with Gasteiger partial charge in [-0.05, 0) is 12.5 Å². The van der Waals surface area contributed by atoms with E-state index in [9.17, 15) is 5.11 Å². The Kier molecular flexibility index (Phi) is 6.63. The highest BCUT2D eigenvalue weighted by Gasteiger charge is 2.21. The van der Waals surface area contributed by atoms with Gasteiger partial charge in [-0.2, -0.15) is 0 Å². The summed E-state index contributed by atoms with van der Waals surface area (Å²) in [5.74, 6) is 0. The Bertz CT molecular complexity index is 497. The average molecular weight is 333 g/mol. The summed E-state index contributed by atoms with van der Waals surface area (Å²) in [6.45, 7) is 12.5. The number of aryl methyl sites for hydroxylation is 1. The van der Waals surface area contributed by atoms with Gasteiger partial charge in [0.15, 0.2) is 0 Å². The van der Waals surface area contributed by atoms with Crippen LogP contribution in [0.3, 0.4) is 0 Å². The fourth-order valence-electron chi connectivity index (χ4n) is 3.64. The van der Waals surface area contributed by atoms with E-state index < -0.39 is 0 Å². The summed E-state index contributed by atoms with van der Waals surface area (Å²) in [5.41, 5.74) is 2.73. The van der Waals surface area contributed by atoms with Crippen molar-refractivity contribution in [2.75, 3.05) is 65.6 Å². The van der Waals surface area contributed by atoms with Crippen LogP contribution in [0.5, 0.6) is 0 Å². The fourth-order valence-corrected chi connectivity index (χ4v) is 3.64. The molecule has 0 bridgehead atoms. The second-order valence-corrected chi connectivity index (χ2v) is 7.13. The van der Waals surface area contributed by atoms with E-state index in [1.807, 2.05) is 0 Å². The maximum absolute atomic E-state index is 10.3. The molecule has 0 saturated carbocycles. The van der Waals surface area contributed by atoms with Crippen molar-refractivity contribution in [1.82, 2.24) is 14.7 Å². The van der Waals surface area contributed by atoms with Gasteiger partial charge in [-0.3, -0.25) is 14.7 Å². The molecule has 0 spiro atoms. The van der Waals surface area contributed by atoms with Crippen LogP contribution in [0.15, 0.2) is 24.3 Å². The fraction of sp³-hybridized carbons (Fsp3) is 0.684. The van der Waals surface area contributed by atoms with Gasteiger partial charge < -0.3 is 9.84 Å². The lowest BCUT2D eigenvalue weighted by molar-refractivity contribution is 0.00218. The van der Waals surface area contributed by atoms with Gasteiger partial charge in [-0.25, -0.2) is 0 Å². The molecule has 1 aromatic rings. The highest BCUT2D eigenvalue weighted by atomic mass is 16.5. The van der Waals surface area contributed by atoms with Gasteiger partial charge in [0.25, 0.3) is 0 Å². The van der Waals surface area contributed by atoms with Crippen molar-refractivity contribution in [3.05, 3.63) is 35.4 Å². The van der Waals surface area contributed by atoms with Gasteiger partial charge in [0.05, 0.1) is 19.3 Å². The number of piperazine rings is 1. The molecule has 134 valence electrons. The van der Waals surface area contributed by atoms with E-state index in [-0.39, 0.29) is 6.10 Å². The number of morpholine rings is 1. The van der Waals surface area contributed by atoms with Crippen LogP contribution >= 0.6 is 0 Å². The third-order valence-corrected chi connectivity index (χ3v) is 5.00. The Labute approximate surface area is 145 Å². The summed E-state index contributed by atoms with van der Waals surface area (Å²) in [4.78, 5) is 7.22. The van der Waals surface area contributed by atoms with Crippen molar-refractivity contribution in [3.8, 4) is 0 Å². The molecule has 2 saturated heterocycles. The summed E-state index contributed by atoms with van der Waals surface area (Å²) in [6.07, 6.45) is -0.258. The first kappa shape index (κ1) is 17.8. The summed E-state index contributed by atoms with van der Waals surface area (Å²) in [7, 11) is 0. The predicted octanol–water partition coefficient (Wildman–Crippen LogP) is 0.806. The van der Waals surface area contributed by atoms with Crippen LogP contribution in [0.1, 0.15) is 11.1 Å². The van der Waals surface area contributed by atoms with E-state index in [1.165, 1.54) is 11.1 Å². The largest absolute Gasteiger partial charge is 0.390 e. The van der Waals surface area contributed by atoms with Crippen molar-refractivity contribution in [2.24, 2.45) is 0 Å². The highest BCUT2D eigenvalue weighted by molar-refractivity contribution is 5.22. The normalized spacial score (nSPS) is 22.6. The molecular formula is C19H31N3O2. The van der Waals surface area contributed by atoms with E-state index >= 15 is 0 Å². The van der Waals surface area contributed by atoms with Crippen molar-refractivity contribution in [1.29, 1.82) is 0 Å². The molecule has 0 aromatic heterocycles. The molecule has 2 aliphatic heterocycles. The zero-order chi connectivity index (χ0) is 16.8. The minimum atomic E-state index is -0.258. The first-order valence-corrected chi connectivity index (χ1v) is 9.17. The third kappa shape index (κ3) is 5.53. The van der Waals surface area contributed by atoms with E-state index in [0.29, 0.717) is 0 Å². The van der Waals surface area contributed by atoms with E-state index in [4.69, 9.17) is 4.74 Å². The van der Waals surface area contributed by atoms with Gasteiger partial charge in [-0.1, -0.05) is 29.8 Å². The molecule has 1 atom stereocenters. The maximum Gasteiger partial charge on any atom is 0.0793 e. The van der Waals surface area contributed by atoms with Gasteiger partial charge in [0.1, 0.15) is 0 Å². The van der Waals surface area contributed by atoms with Gasteiger partial charge in [-0.15, -0.1) is 0 Å². The molecule has 0 aliphatic carbocycles. The minimum Gasteiger partial charge on any atom is -0.390 e. The standard InChI is InChI=1S/C19H31N3O2/c1-17-3-2-4-18(13-17)14-20-5-7-21(8-6-20)15-19(23)16-22-9-11-24-12-10-22/h2-4,13,19,23H,5-12,14-16H2,1H3. The second-order valence-electron chi connectivity index (χ2n) is 7.13. The molecule has 2 fully saturated rings. The van der Waals surface area contributed by atoms with Crippen molar-refractivity contribution >= 4 is 0 Å². The molecule has 0 amide bonds. The molecule has 1 unspecified atom stereocenters. The lowest BCUT2D eigenvalue weighted by Crippen LogP contribution is -2.50. The molecule has 2 aliphatic rings. The Morgan fingerprint density at radius 1 is 0.958 bits per heavy atom. The molecular weight excluding hydrogens is 302 g/mol. The number of nitrogens with zero attached hydrogens (tertiary/aromatic N) is 3. The lowest BCUT2D eigenvalue weighted by atomic mass is 10.1. The van der Waals surface area contributed by atoms with Gasteiger partial charge >= 0.3 is 0 Å². The van der Waals surface area contributed by atoms with E-state index in [0.717, 1.165) is 72.1 Å². The summed E-state index contributed by atoms with van der Waals surface area (Å²) >= 11 is 0. The van der Waals surface area contributed by atoms with Crippen molar-refractivity contribution in [2.45, 2.75) is 19.6 Å². The number of hydrogen-bond donors (Lipinski definition) is 1. The number of rotatable bonds is 6. The number of ether oxygens (including phenoxy) is 1. The molecule has 5 heteroatoms. The average Bonchev–Trinajstić information content (AvgIpc) is 2.57. The van der Waals surface area contributed by atoms with E-state index in [1.54, 1.807) is 0 Å². The molecule has 5 nitrogen and oxygen atoms in total. The number of β-amino-alcohol motifs (C(OH)–C–C–N with tert-alkyl or cyclic N) is 1. The lowest BCUT2D eigenvalue weighted by Gasteiger charge is -2.36. The third-order valence-electron chi connectivity index (χ3n) is 5.00. The number of aliphatic hydroxyl groups is 1. The van der Waals surface area contributed by atoms with Crippen LogP contribution in [-0.2, 0) is 11.3 Å². The van der Waals surface area contributed by atoms with Gasteiger partial charge in [0.2, 0.25) is 0 Å². The first-order chi connectivity index (χ1) is 11.7. The number of aliphatic hydroxyl groups excluding tert-OH is 1. The molecule has 1 aromatic carbocycles. The minimum absolute atomic E-state index is 0.258. The molecule has 1 N–H and O–H groups in total. The Hall–Kier alpha value is -0.980. The first-order valence-electron chi connectivity index (χ1n) is 9.17. The van der Waals surface area contributed by atoms with Crippen LogP contribution in [0.2, 0.25) is 0 Å². The van der Waals surface area contributed by atoms with Crippen molar-refractivity contribution in [3.63, 3.8) is 0 Å². The molecule has 2 heterocycles. The Morgan fingerprint density at radius 3 is 2.25 bits per heavy atom. The van der Waals surface area contributed by atoms with Crippen molar-refractivity contribution < 1.29 is 9.84 Å². The quantitative estimate of drug-likeness (QED) is 0.834. The molecule has 24 heavy (non-hydrogen) atoms. The smallest absolute Gasteiger partial charge is 0.0793 e. The highest BCUT2D eigenvalue weighted by Crippen LogP contribution is 2.11. The number of hydrogen-bond acceptors (Lipinski definition) is 5. The van der Waals surface area contributed by atoms with Crippen LogP contribution in [0.25, 0.3) is 0 Å². The SMILES string of the molecule is Cc1cccc(CN2CCN(CC(O)CN3CCOCC3)CC2)c1. The Balaban J connectivity index is 1.37. The van der Waals surface area contributed by atoms with Crippen LogP contribution in [-0.4, -0.2) is 91.5 Å². The molecule has 0 radical (unpaired) electrons. The summed E-state index contributed by atoms with van der Waals surface area (Å²) in [5, 5.41) is 10.3. The predicted molar refractivity (Wildman–Crippen MR) is 96.2 cm³/mol. The van der Waals surface area contributed by atoms with Crippen LogP contribution in [0.4, 0.5) is 0 Å². The number of benzene rings is 1. The summed E-state index contributed by atoms with van der Waals surface area (Å²) in [6, 6.07) is 8.78. The van der Waals surface area contributed by atoms with E-state index in [2.05, 4.69) is 45.9 Å². The van der Waals surface area contributed by atoms with Crippen LogP contribution in [0, 0.1) is 6.92 Å². The van der Waals surface area contributed by atoms with Gasteiger partial charge in [0, 0.05) is 58.9 Å².